The third-order valence-electron chi connectivity index (χ3n) is 11.8. The van der Waals surface area contributed by atoms with Crippen molar-refractivity contribution in [3.63, 3.8) is 0 Å². The Morgan fingerprint density at radius 1 is 0.984 bits per heavy atom. The number of ether oxygens (including phenoxy) is 1. The van der Waals surface area contributed by atoms with Gasteiger partial charge in [-0.05, 0) is 88.1 Å². The summed E-state index contributed by atoms with van der Waals surface area (Å²) in [7, 11) is 0. The summed E-state index contributed by atoms with van der Waals surface area (Å²) in [6.45, 7) is 7.64. The van der Waals surface area contributed by atoms with Crippen LogP contribution in [0.5, 0.6) is 5.75 Å². The van der Waals surface area contributed by atoms with Gasteiger partial charge in [-0.15, -0.1) is 21.5 Å². The molecule has 5 heterocycles. The van der Waals surface area contributed by atoms with Crippen LogP contribution in [0.15, 0.2) is 42.5 Å². The topological polar surface area (TPSA) is 154 Å². The lowest BCUT2D eigenvalue weighted by Crippen LogP contribution is -2.49. The number of benzene rings is 2. The number of aryl methyl sites for hydroxylation is 1. The number of piperazine rings is 1. The van der Waals surface area contributed by atoms with Crippen molar-refractivity contribution in [2.24, 2.45) is 5.41 Å². The standard InChI is InChI=1S/C45H49FN8O5S2/c1-29(55)27-45(17-5-6-18-45)28-38(56)53-23-21-52(22-24-53)19-7-10-31-15-16-35(33(46)26-31)59-25-9-14-37-39(42(57)58)48-44(61-37)54-20-8-11-32-30(2)40(50-51-41(32)54)49-43-47-34-12-3-4-13-36(34)60-43/h3-4,12-13,15-16,26H,5-6,8-9,11,14,17-25,27-28H2,1-2H3,(H,57,58)(H,47,49,50). The van der Waals surface area contributed by atoms with Gasteiger partial charge in [0.05, 0.1) is 23.4 Å². The number of nitrogens with one attached hydrogen (secondary N) is 1. The highest BCUT2D eigenvalue weighted by Gasteiger charge is 2.38. The number of hydrogen-bond donors (Lipinski definition) is 2. The molecule has 5 aromatic rings. The number of aromatic nitrogens is 4. The van der Waals surface area contributed by atoms with Crippen molar-refractivity contribution in [2.75, 3.05) is 56.1 Å². The molecule has 1 amide bonds. The number of carboxylic acids is 1. The minimum Gasteiger partial charge on any atom is -0.491 e. The van der Waals surface area contributed by atoms with E-state index in [1.165, 1.54) is 17.4 Å². The van der Waals surface area contributed by atoms with Gasteiger partial charge in [0.2, 0.25) is 5.91 Å². The van der Waals surface area contributed by atoms with Crippen LogP contribution < -0.4 is 15.0 Å². The average Bonchev–Trinajstić information content (AvgIpc) is 4.00. The molecule has 3 aromatic heterocycles. The number of para-hydroxylation sites is 1. The third kappa shape index (κ3) is 9.85. The molecule has 0 atom stereocenters. The molecule has 16 heteroatoms. The van der Waals surface area contributed by atoms with Crippen LogP contribution in [-0.2, 0) is 22.4 Å². The number of thiazole rings is 2. The SMILES string of the molecule is CC(=O)CC1(CC(=O)N2CCN(CC#Cc3ccc(OCCCc4sc(N5CCCc6c5nnc(Nc5nc7ccccc7s5)c6C)nc4C(=O)O)c(F)c3)CC2)CCCC1. The van der Waals surface area contributed by atoms with Gasteiger partial charge < -0.3 is 29.8 Å². The number of ketones is 1. The molecule has 1 aliphatic carbocycles. The zero-order chi connectivity index (χ0) is 42.5. The van der Waals surface area contributed by atoms with Gasteiger partial charge in [0.15, 0.2) is 39.2 Å². The molecule has 1 saturated heterocycles. The van der Waals surface area contributed by atoms with Gasteiger partial charge in [0, 0.05) is 67.1 Å². The highest BCUT2D eigenvalue weighted by molar-refractivity contribution is 7.22. The summed E-state index contributed by atoms with van der Waals surface area (Å²) in [6.07, 6.45) is 7.51. The van der Waals surface area contributed by atoms with E-state index in [4.69, 9.17) is 4.74 Å². The van der Waals surface area contributed by atoms with Gasteiger partial charge in [-0.3, -0.25) is 9.69 Å². The fraction of sp³-hybridized carbons (Fsp3) is 0.444. The van der Waals surface area contributed by atoms with Gasteiger partial charge in [-0.25, -0.2) is 19.2 Å². The maximum absolute atomic E-state index is 15.1. The zero-order valence-electron chi connectivity index (χ0n) is 34.5. The number of nitrogens with zero attached hydrogens (tertiary/aromatic N) is 7. The lowest BCUT2D eigenvalue weighted by Gasteiger charge is -2.36. The van der Waals surface area contributed by atoms with Crippen LogP contribution in [0.1, 0.15) is 90.3 Å². The number of amides is 1. The summed E-state index contributed by atoms with van der Waals surface area (Å²) in [5, 5.41) is 23.8. The van der Waals surface area contributed by atoms with Gasteiger partial charge in [-0.1, -0.05) is 48.2 Å². The normalized spacial score (nSPS) is 16.2. The summed E-state index contributed by atoms with van der Waals surface area (Å²) < 4.78 is 21.9. The van der Waals surface area contributed by atoms with Crippen LogP contribution in [0.25, 0.3) is 10.2 Å². The Morgan fingerprint density at radius 2 is 1.79 bits per heavy atom. The van der Waals surface area contributed by atoms with E-state index in [1.54, 1.807) is 30.4 Å². The van der Waals surface area contributed by atoms with E-state index in [-0.39, 0.29) is 35.2 Å². The van der Waals surface area contributed by atoms with E-state index in [0.29, 0.717) is 92.2 Å². The number of carbonyl (C=O) groups excluding carboxylic acids is 2. The number of anilines is 4. The molecule has 0 radical (unpaired) electrons. The molecule has 13 nitrogen and oxygen atoms in total. The second-order valence-electron chi connectivity index (χ2n) is 16.2. The number of fused-ring (bicyclic) bond motifs is 2. The van der Waals surface area contributed by atoms with Crippen LogP contribution in [0.3, 0.4) is 0 Å². The molecule has 2 N–H and O–H groups in total. The predicted octanol–water partition coefficient (Wildman–Crippen LogP) is 7.95. The Labute approximate surface area is 362 Å². The van der Waals surface area contributed by atoms with Crippen LogP contribution in [0.2, 0.25) is 0 Å². The number of carboxylic acid groups (broad SMARTS) is 1. The maximum atomic E-state index is 15.1. The van der Waals surface area contributed by atoms with Crippen molar-refractivity contribution in [3.8, 4) is 17.6 Å². The lowest BCUT2D eigenvalue weighted by molar-refractivity contribution is -0.136. The second-order valence-corrected chi connectivity index (χ2v) is 18.3. The first kappa shape index (κ1) is 42.2. The Balaban J connectivity index is 0.819. The van der Waals surface area contributed by atoms with Crippen LogP contribution in [-0.4, -0.2) is 98.6 Å². The van der Waals surface area contributed by atoms with Crippen molar-refractivity contribution in [1.29, 1.82) is 0 Å². The minimum atomic E-state index is -1.11. The number of carbonyl (C=O) groups is 3. The second kappa shape index (κ2) is 18.6. The first-order valence-electron chi connectivity index (χ1n) is 20.9. The van der Waals surface area contributed by atoms with Crippen molar-refractivity contribution in [2.45, 2.75) is 78.1 Å². The number of rotatable bonds is 14. The lowest BCUT2D eigenvalue weighted by atomic mass is 9.78. The first-order chi connectivity index (χ1) is 29.5. The Morgan fingerprint density at radius 3 is 2.54 bits per heavy atom. The molecule has 0 spiro atoms. The molecule has 2 aliphatic heterocycles. The number of hydrogen-bond acceptors (Lipinski definition) is 13. The average molecular weight is 865 g/mol. The Bertz CT molecular complexity index is 2470. The van der Waals surface area contributed by atoms with E-state index < -0.39 is 11.8 Å². The molecule has 0 bridgehead atoms. The fourth-order valence-electron chi connectivity index (χ4n) is 8.72. The first-order valence-corrected chi connectivity index (χ1v) is 22.6. The molecule has 318 valence electrons. The molecule has 8 rings (SSSR count). The fourth-order valence-corrected chi connectivity index (χ4v) is 10.7. The van der Waals surface area contributed by atoms with Gasteiger partial charge in [-0.2, -0.15) is 0 Å². The minimum absolute atomic E-state index is 0.00575. The molecule has 61 heavy (non-hydrogen) atoms. The van der Waals surface area contributed by atoms with Crippen molar-refractivity contribution >= 4 is 72.4 Å². The molecular weight excluding hydrogens is 816 g/mol. The number of Topliss-reactive ketones (excluding diaryl/α,β-unsaturated/α-hetero) is 1. The molecule has 1 saturated carbocycles. The summed E-state index contributed by atoms with van der Waals surface area (Å²) >= 11 is 2.87. The monoisotopic (exact) mass is 864 g/mol. The van der Waals surface area contributed by atoms with E-state index in [0.717, 1.165) is 65.0 Å². The van der Waals surface area contributed by atoms with E-state index >= 15 is 4.39 Å². The highest BCUT2D eigenvalue weighted by atomic mass is 32.1. The van der Waals surface area contributed by atoms with Crippen LogP contribution in [0.4, 0.5) is 26.3 Å². The van der Waals surface area contributed by atoms with E-state index in [1.807, 2.05) is 41.0 Å². The highest BCUT2D eigenvalue weighted by Crippen LogP contribution is 2.45. The molecule has 2 fully saturated rings. The van der Waals surface area contributed by atoms with Crippen molar-refractivity contribution in [3.05, 3.63) is 75.5 Å². The summed E-state index contributed by atoms with van der Waals surface area (Å²) in [5.74, 6) is 6.28. The van der Waals surface area contributed by atoms with Gasteiger partial charge >= 0.3 is 5.97 Å². The number of halogens is 1. The number of aromatic carboxylic acids is 1. The molecule has 2 aromatic carbocycles. The predicted molar refractivity (Wildman–Crippen MR) is 235 cm³/mol. The quantitative estimate of drug-likeness (QED) is 0.0823. The van der Waals surface area contributed by atoms with Gasteiger partial charge in [0.25, 0.3) is 0 Å². The van der Waals surface area contributed by atoms with Gasteiger partial charge in [0.1, 0.15) is 5.78 Å². The Kier molecular flexibility index (Phi) is 12.9. The van der Waals surface area contributed by atoms with E-state index in [9.17, 15) is 19.5 Å². The largest absolute Gasteiger partial charge is 0.491 e. The zero-order valence-corrected chi connectivity index (χ0v) is 36.1. The van der Waals surface area contributed by atoms with Crippen LogP contribution >= 0.6 is 22.7 Å². The molecule has 3 aliphatic rings. The smallest absolute Gasteiger partial charge is 0.355 e. The summed E-state index contributed by atoms with van der Waals surface area (Å²) in [5.41, 5.74) is 3.28. The van der Waals surface area contributed by atoms with Crippen molar-refractivity contribution in [1.82, 2.24) is 30.0 Å². The summed E-state index contributed by atoms with van der Waals surface area (Å²) in [6, 6.07) is 12.6. The summed E-state index contributed by atoms with van der Waals surface area (Å²) in [4.78, 5) is 53.2. The third-order valence-corrected chi connectivity index (χ3v) is 13.9. The van der Waals surface area contributed by atoms with Crippen molar-refractivity contribution < 1.29 is 28.6 Å². The molecule has 0 unspecified atom stereocenters. The molecular formula is C45H49FN8O5S2. The Hall–Kier alpha value is -5.50. The van der Waals surface area contributed by atoms with Crippen LogP contribution in [0, 0.1) is 30.0 Å². The maximum Gasteiger partial charge on any atom is 0.355 e. The van der Waals surface area contributed by atoms with E-state index in [2.05, 4.69) is 42.2 Å².